The molecular weight excluding hydrogens is 268 g/mol. The maximum atomic E-state index is 11.3. The molecule has 20 heavy (non-hydrogen) atoms. The van der Waals surface area contributed by atoms with Crippen molar-refractivity contribution in [3.63, 3.8) is 0 Å². The summed E-state index contributed by atoms with van der Waals surface area (Å²) in [5, 5.41) is 13.6. The number of carbonyl (C=O) groups is 4. The van der Waals surface area contributed by atoms with Crippen LogP contribution in [0.2, 0.25) is 0 Å². The SMILES string of the molecule is CC(CN1CC(=O)NC(=O)C1)N1CC(=O)N[C@@H]1C(=O)O. The van der Waals surface area contributed by atoms with Crippen LogP contribution in [-0.2, 0) is 19.2 Å². The van der Waals surface area contributed by atoms with Crippen LogP contribution in [0.3, 0.4) is 0 Å². The molecule has 9 heteroatoms. The first kappa shape index (κ1) is 14.4. The number of rotatable bonds is 4. The first-order valence-electron chi connectivity index (χ1n) is 6.20. The van der Waals surface area contributed by atoms with Crippen molar-refractivity contribution < 1.29 is 24.3 Å². The number of nitrogens with zero attached hydrogens (tertiary/aromatic N) is 2. The molecule has 0 aromatic carbocycles. The third-order valence-electron chi connectivity index (χ3n) is 3.29. The van der Waals surface area contributed by atoms with Gasteiger partial charge in [0.1, 0.15) is 0 Å². The fourth-order valence-corrected chi connectivity index (χ4v) is 2.46. The van der Waals surface area contributed by atoms with Gasteiger partial charge in [0.05, 0.1) is 19.6 Å². The second-order valence-electron chi connectivity index (χ2n) is 4.97. The van der Waals surface area contributed by atoms with E-state index in [0.29, 0.717) is 6.54 Å². The molecule has 3 N–H and O–H groups in total. The number of piperazine rings is 1. The zero-order valence-electron chi connectivity index (χ0n) is 11.0. The van der Waals surface area contributed by atoms with Gasteiger partial charge in [0.25, 0.3) is 0 Å². The van der Waals surface area contributed by atoms with Crippen molar-refractivity contribution in [3.8, 4) is 0 Å². The highest BCUT2D eigenvalue weighted by Crippen LogP contribution is 2.12. The van der Waals surface area contributed by atoms with E-state index in [1.165, 1.54) is 4.90 Å². The normalized spacial score (nSPS) is 26.2. The quantitative estimate of drug-likeness (QED) is 0.476. The number of hydrogen-bond donors (Lipinski definition) is 3. The second kappa shape index (κ2) is 5.55. The van der Waals surface area contributed by atoms with Gasteiger partial charge in [-0.2, -0.15) is 0 Å². The van der Waals surface area contributed by atoms with Crippen LogP contribution in [0.25, 0.3) is 0 Å². The summed E-state index contributed by atoms with van der Waals surface area (Å²) in [6.45, 7) is 2.25. The van der Waals surface area contributed by atoms with Crippen molar-refractivity contribution >= 4 is 23.7 Å². The maximum absolute atomic E-state index is 11.3. The molecule has 2 aliphatic heterocycles. The summed E-state index contributed by atoms with van der Waals surface area (Å²) in [5.74, 6) is -2.23. The number of carboxylic acids is 1. The first-order valence-corrected chi connectivity index (χ1v) is 6.20. The Balaban J connectivity index is 1.98. The molecule has 0 radical (unpaired) electrons. The standard InChI is InChI=1S/C11H16N4O5/c1-6(2-14-3-7(16)12-8(17)4-14)15-5-9(18)13-10(15)11(19)20/h6,10H,2-5H2,1H3,(H,13,18)(H,19,20)(H,12,16,17)/t6?,10-/m0/s1. The predicted molar refractivity (Wildman–Crippen MR) is 65.3 cm³/mol. The van der Waals surface area contributed by atoms with Crippen LogP contribution in [0, 0.1) is 0 Å². The van der Waals surface area contributed by atoms with Crippen LogP contribution in [0.1, 0.15) is 6.92 Å². The average molecular weight is 284 g/mol. The molecule has 2 fully saturated rings. The molecule has 2 saturated heterocycles. The monoisotopic (exact) mass is 284 g/mol. The van der Waals surface area contributed by atoms with Gasteiger partial charge < -0.3 is 10.4 Å². The van der Waals surface area contributed by atoms with E-state index in [9.17, 15) is 19.2 Å². The minimum absolute atomic E-state index is 0.00782. The van der Waals surface area contributed by atoms with Gasteiger partial charge in [-0.05, 0) is 6.92 Å². The van der Waals surface area contributed by atoms with Crippen molar-refractivity contribution in [2.45, 2.75) is 19.1 Å². The van der Waals surface area contributed by atoms with E-state index < -0.39 is 12.1 Å². The van der Waals surface area contributed by atoms with E-state index in [2.05, 4.69) is 10.6 Å². The molecule has 0 bridgehead atoms. The molecular formula is C11H16N4O5. The lowest BCUT2D eigenvalue weighted by atomic mass is 10.2. The Morgan fingerprint density at radius 2 is 1.85 bits per heavy atom. The summed E-state index contributed by atoms with van der Waals surface area (Å²) in [6.07, 6.45) is -1.06. The smallest absolute Gasteiger partial charge is 0.341 e. The van der Waals surface area contributed by atoms with Crippen molar-refractivity contribution in [2.24, 2.45) is 0 Å². The fraction of sp³-hybridized carbons (Fsp3) is 0.636. The number of carboxylic acid groups (broad SMARTS) is 1. The maximum Gasteiger partial charge on any atom is 0.341 e. The van der Waals surface area contributed by atoms with Gasteiger partial charge in [0.15, 0.2) is 6.17 Å². The Labute approximate surface area is 114 Å². The van der Waals surface area contributed by atoms with E-state index in [1.807, 2.05) is 0 Å². The van der Waals surface area contributed by atoms with Crippen LogP contribution in [0.15, 0.2) is 0 Å². The summed E-state index contributed by atoms with van der Waals surface area (Å²) in [4.78, 5) is 48.1. The lowest BCUT2D eigenvalue weighted by Crippen LogP contribution is -2.56. The largest absolute Gasteiger partial charge is 0.479 e. The molecule has 2 rings (SSSR count). The molecule has 0 aromatic rings. The third kappa shape index (κ3) is 3.11. The molecule has 0 spiro atoms. The molecule has 0 aromatic heterocycles. The minimum Gasteiger partial charge on any atom is -0.479 e. The lowest BCUT2D eigenvalue weighted by molar-refractivity contribution is -0.145. The van der Waals surface area contributed by atoms with Gasteiger partial charge in [-0.15, -0.1) is 0 Å². The predicted octanol–water partition coefficient (Wildman–Crippen LogP) is -2.82. The van der Waals surface area contributed by atoms with Crippen molar-refractivity contribution in [2.75, 3.05) is 26.2 Å². The van der Waals surface area contributed by atoms with Gasteiger partial charge in [0, 0.05) is 12.6 Å². The number of nitrogens with one attached hydrogen (secondary N) is 2. The Bertz CT molecular complexity index is 450. The Morgan fingerprint density at radius 3 is 2.40 bits per heavy atom. The van der Waals surface area contributed by atoms with Gasteiger partial charge in [0.2, 0.25) is 17.7 Å². The summed E-state index contributed by atoms with van der Waals surface area (Å²) in [5.41, 5.74) is 0. The van der Waals surface area contributed by atoms with Crippen molar-refractivity contribution in [1.82, 2.24) is 20.4 Å². The number of imide groups is 1. The third-order valence-corrected chi connectivity index (χ3v) is 3.29. The second-order valence-corrected chi connectivity index (χ2v) is 4.97. The molecule has 0 aliphatic carbocycles. The Hall–Kier alpha value is -2.00. The summed E-state index contributed by atoms with van der Waals surface area (Å²) in [6, 6.07) is -0.284. The van der Waals surface area contributed by atoms with E-state index >= 15 is 0 Å². The van der Waals surface area contributed by atoms with E-state index in [-0.39, 0.29) is 43.4 Å². The van der Waals surface area contributed by atoms with Crippen LogP contribution in [0.4, 0.5) is 0 Å². The molecule has 3 amide bonds. The van der Waals surface area contributed by atoms with Crippen LogP contribution >= 0.6 is 0 Å². The van der Waals surface area contributed by atoms with Crippen molar-refractivity contribution in [1.29, 1.82) is 0 Å². The number of hydrogen-bond acceptors (Lipinski definition) is 6. The molecule has 0 saturated carbocycles. The van der Waals surface area contributed by atoms with Gasteiger partial charge >= 0.3 is 5.97 Å². The number of aliphatic carboxylic acids is 1. The van der Waals surface area contributed by atoms with Gasteiger partial charge in [-0.1, -0.05) is 0 Å². The Kier molecular flexibility index (Phi) is 4.00. The molecule has 2 aliphatic rings. The lowest BCUT2D eigenvalue weighted by Gasteiger charge is -2.32. The zero-order chi connectivity index (χ0) is 14.9. The summed E-state index contributed by atoms with van der Waals surface area (Å²) >= 11 is 0. The first-order chi connectivity index (χ1) is 9.36. The average Bonchev–Trinajstić information content (AvgIpc) is 2.70. The fourth-order valence-electron chi connectivity index (χ4n) is 2.46. The van der Waals surface area contributed by atoms with Crippen LogP contribution in [-0.4, -0.2) is 77.0 Å². The number of carbonyl (C=O) groups excluding carboxylic acids is 3. The minimum atomic E-state index is -1.13. The molecule has 1 unspecified atom stereocenters. The van der Waals surface area contributed by atoms with Crippen LogP contribution < -0.4 is 10.6 Å². The summed E-state index contributed by atoms with van der Waals surface area (Å²) in [7, 11) is 0. The highest BCUT2D eigenvalue weighted by Gasteiger charge is 2.38. The van der Waals surface area contributed by atoms with E-state index in [4.69, 9.17) is 5.11 Å². The summed E-state index contributed by atoms with van der Waals surface area (Å²) < 4.78 is 0. The highest BCUT2D eigenvalue weighted by molar-refractivity contribution is 5.99. The molecule has 2 atom stereocenters. The van der Waals surface area contributed by atoms with Crippen molar-refractivity contribution in [3.05, 3.63) is 0 Å². The topological polar surface area (TPSA) is 119 Å². The van der Waals surface area contributed by atoms with E-state index in [0.717, 1.165) is 0 Å². The number of amides is 3. The highest BCUT2D eigenvalue weighted by atomic mass is 16.4. The van der Waals surface area contributed by atoms with Gasteiger partial charge in [-0.25, -0.2) is 4.79 Å². The molecule has 2 heterocycles. The molecule has 110 valence electrons. The molecule has 9 nitrogen and oxygen atoms in total. The van der Waals surface area contributed by atoms with Crippen LogP contribution in [0.5, 0.6) is 0 Å². The van der Waals surface area contributed by atoms with Gasteiger partial charge in [-0.3, -0.25) is 29.5 Å². The Morgan fingerprint density at radius 1 is 1.25 bits per heavy atom. The zero-order valence-corrected chi connectivity index (χ0v) is 11.0. The van der Waals surface area contributed by atoms with E-state index in [1.54, 1.807) is 11.8 Å².